The fourth-order valence-corrected chi connectivity index (χ4v) is 2.99. The number of carboxylic acid groups (broad SMARTS) is 1. The van der Waals surface area contributed by atoms with Crippen molar-refractivity contribution in [3.8, 4) is 0 Å². The number of aliphatic carboxylic acids is 1. The van der Waals surface area contributed by atoms with Gasteiger partial charge in [0, 0.05) is 22.0 Å². The van der Waals surface area contributed by atoms with E-state index in [0.29, 0.717) is 21.1 Å². The second-order valence-electron chi connectivity index (χ2n) is 4.23. The first-order valence-corrected chi connectivity index (χ1v) is 6.04. The maximum Gasteiger partial charge on any atom is 0.316 e. The van der Waals surface area contributed by atoms with Crippen molar-refractivity contribution in [3.05, 3.63) is 34.2 Å². The number of halogens is 2. The molecule has 6 heteroatoms. The van der Waals surface area contributed by atoms with Gasteiger partial charge in [0.2, 0.25) is 5.91 Å². The molecule has 1 N–H and O–H groups in total. The zero-order valence-electron chi connectivity index (χ0n) is 8.98. The molecule has 2 heterocycles. The van der Waals surface area contributed by atoms with E-state index in [-0.39, 0.29) is 6.42 Å². The fourth-order valence-electron chi connectivity index (χ4n) is 2.37. The summed E-state index contributed by atoms with van der Waals surface area (Å²) in [5.74, 6) is -3.04. The lowest BCUT2D eigenvalue weighted by Gasteiger charge is -2.04. The van der Waals surface area contributed by atoms with Crippen LogP contribution in [-0.4, -0.2) is 21.6 Å². The molecule has 1 aromatic carbocycles. The van der Waals surface area contributed by atoms with Gasteiger partial charge < -0.3 is 5.11 Å². The van der Waals surface area contributed by atoms with Crippen LogP contribution in [0.15, 0.2) is 22.7 Å². The highest BCUT2D eigenvalue weighted by molar-refractivity contribution is 9.10. The molecular weight excluding hydrogens is 305 g/mol. The summed E-state index contributed by atoms with van der Waals surface area (Å²) in [6.45, 7) is 0. The molecule has 1 unspecified atom stereocenters. The maximum absolute atomic E-state index is 13.2. The predicted octanol–water partition coefficient (Wildman–Crippen LogP) is 2.44. The molecule has 1 aliphatic heterocycles. The van der Waals surface area contributed by atoms with Gasteiger partial charge in [0.25, 0.3) is 0 Å². The highest BCUT2D eigenvalue weighted by atomic mass is 79.9. The third-order valence-electron chi connectivity index (χ3n) is 3.12. The summed E-state index contributed by atoms with van der Waals surface area (Å²) in [5, 5.41) is 9.55. The van der Waals surface area contributed by atoms with Gasteiger partial charge in [-0.2, -0.15) is 0 Å². The van der Waals surface area contributed by atoms with Crippen LogP contribution in [0.4, 0.5) is 4.39 Å². The molecule has 0 amide bonds. The minimum Gasteiger partial charge on any atom is -0.481 e. The third kappa shape index (κ3) is 1.42. The molecule has 0 aliphatic carbocycles. The minimum absolute atomic E-state index is 0.150. The Balaban J connectivity index is 2.28. The van der Waals surface area contributed by atoms with E-state index < -0.39 is 23.6 Å². The number of nitrogens with zero attached hydrogens (tertiary/aromatic N) is 1. The maximum atomic E-state index is 13.2. The summed E-state index contributed by atoms with van der Waals surface area (Å²) in [6.07, 6.45) is 0.150. The lowest BCUT2D eigenvalue weighted by molar-refractivity contribution is -0.139. The van der Waals surface area contributed by atoms with E-state index in [4.69, 9.17) is 5.11 Å². The molecular formula is C12H7BrFNO3. The molecule has 0 spiro atoms. The van der Waals surface area contributed by atoms with Crippen LogP contribution in [0.1, 0.15) is 10.5 Å². The van der Waals surface area contributed by atoms with Crippen LogP contribution in [-0.2, 0) is 11.2 Å². The molecule has 3 rings (SSSR count). The van der Waals surface area contributed by atoms with E-state index in [1.165, 1.54) is 16.7 Å². The summed E-state index contributed by atoms with van der Waals surface area (Å²) >= 11 is 3.20. The summed E-state index contributed by atoms with van der Waals surface area (Å²) in [6, 6.07) is 4.25. The van der Waals surface area contributed by atoms with Crippen LogP contribution in [0, 0.1) is 11.7 Å². The number of hydrogen-bond donors (Lipinski definition) is 1. The van der Waals surface area contributed by atoms with Crippen molar-refractivity contribution in [1.82, 2.24) is 4.57 Å². The molecule has 1 atom stereocenters. The molecule has 2 aromatic rings. The van der Waals surface area contributed by atoms with Crippen LogP contribution < -0.4 is 0 Å². The molecule has 0 bridgehead atoms. The van der Waals surface area contributed by atoms with Gasteiger partial charge in [-0.25, -0.2) is 4.39 Å². The summed E-state index contributed by atoms with van der Waals surface area (Å²) in [4.78, 5) is 23.0. The van der Waals surface area contributed by atoms with Crippen molar-refractivity contribution in [2.75, 3.05) is 0 Å². The minimum atomic E-state index is -1.13. The number of carbonyl (C=O) groups excluding carboxylic acids is 1. The lowest BCUT2D eigenvalue weighted by atomic mass is 10.1. The summed E-state index contributed by atoms with van der Waals surface area (Å²) < 4.78 is 15.1. The highest BCUT2D eigenvalue weighted by Gasteiger charge is 2.37. The monoisotopic (exact) mass is 311 g/mol. The van der Waals surface area contributed by atoms with Gasteiger partial charge in [-0.05, 0) is 34.1 Å². The van der Waals surface area contributed by atoms with Gasteiger partial charge in [-0.1, -0.05) is 0 Å². The molecule has 0 radical (unpaired) electrons. The Bertz CT molecular complexity index is 707. The van der Waals surface area contributed by atoms with Gasteiger partial charge in [-0.15, -0.1) is 0 Å². The summed E-state index contributed by atoms with van der Waals surface area (Å²) in [7, 11) is 0. The molecule has 4 nitrogen and oxygen atoms in total. The molecule has 1 aliphatic rings. The molecule has 0 fully saturated rings. The third-order valence-corrected chi connectivity index (χ3v) is 3.72. The molecule has 1 aromatic heterocycles. The first-order chi connectivity index (χ1) is 8.49. The Morgan fingerprint density at radius 3 is 2.83 bits per heavy atom. The molecule has 0 saturated carbocycles. The SMILES string of the molecule is O=C(O)C1Cc2cc3cc(F)cc(Br)c3n2C1=O. The second kappa shape index (κ2) is 3.65. The van der Waals surface area contributed by atoms with Crippen molar-refractivity contribution >= 4 is 38.7 Å². The Hall–Kier alpha value is -1.69. The smallest absolute Gasteiger partial charge is 0.316 e. The van der Waals surface area contributed by atoms with Crippen molar-refractivity contribution in [2.24, 2.45) is 5.92 Å². The number of hydrogen-bond acceptors (Lipinski definition) is 2. The van der Waals surface area contributed by atoms with Crippen molar-refractivity contribution in [1.29, 1.82) is 0 Å². The van der Waals surface area contributed by atoms with Crippen LogP contribution in [0.25, 0.3) is 10.9 Å². The van der Waals surface area contributed by atoms with E-state index >= 15 is 0 Å². The van der Waals surface area contributed by atoms with Crippen LogP contribution >= 0.6 is 15.9 Å². The Morgan fingerprint density at radius 1 is 1.44 bits per heavy atom. The van der Waals surface area contributed by atoms with Crippen LogP contribution in [0.3, 0.4) is 0 Å². The van der Waals surface area contributed by atoms with E-state index in [9.17, 15) is 14.0 Å². The number of fused-ring (bicyclic) bond motifs is 3. The highest BCUT2D eigenvalue weighted by Crippen LogP contribution is 2.34. The Labute approximate surface area is 109 Å². The van der Waals surface area contributed by atoms with Gasteiger partial charge in [0.05, 0.1) is 5.52 Å². The van der Waals surface area contributed by atoms with Gasteiger partial charge >= 0.3 is 5.97 Å². The predicted molar refractivity (Wildman–Crippen MR) is 65.1 cm³/mol. The average Bonchev–Trinajstić information content (AvgIpc) is 2.75. The molecule has 92 valence electrons. The number of carboxylic acids is 1. The van der Waals surface area contributed by atoms with Crippen LogP contribution in [0.5, 0.6) is 0 Å². The Kier molecular flexibility index (Phi) is 2.31. The van der Waals surface area contributed by atoms with E-state index in [1.54, 1.807) is 6.07 Å². The quantitative estimate of drug-likeness (QED) is 0.823. The topological polar surface area (TPSA) is 59.3 Å². The fraction of sp³-hybridized carbons (Fsp3) is 0.167. The molecule has 0 saturated heterocycles. The number of benzene rings is 1. The van der Waals surface area contributed by atoms with Gasteiger partial charge in [0.1, 0.15) is 11.7 Å². The van der Waals surface area contributed by atoms with E-state index in [1.807, 2.05) is 0 Å². The average molecular weight is 312 g/mol. The standard InChI is InChI=1S/C12H7BrFNO3/c13-9-3-6(14)1-5-2-7-4-8(12(17)18)11(16)15(7)10(5)9/h1-3,8H,4H2,(H,17,18). The number of aromatic nitrogens is 1. The normalized spacial score (nSPS) is 18.3. The number of rotatable bonds is 1. The van der Waals surface area contributed by atoms with Gasteiger partial charge in [-0.3, -0.25) is 14.2 Å². The lowest BCUT2D eigenvalue weighted by Crippen LogP contribution is -2.23. The Morgan fingerprint density at radius 2 is 2.17 bits per heavy atom. The van der Waals surface area contributed by atoms with Crippen molar-refractivity contribution < 1.29 is 19.1 Å². The van der Waals surface area contributed by atoms with Crippen molar-refractivity contribution in [2.45, 2.75) is 6.42 Å². The largest absolute Gasteiger partial charge is 0.481 e. The van der Waals surface area contributed by atoms with Crippen LogP contribution in [0.2, 0.25) is 0 Å². The number of carbonyl (C=O) groups is 2. The van der Waals surface area contributed by atoms with Crippen molar-refractivity contribution in [3.63, 3.8) is 0 Å². The van der Waals surface area contributed by atoms with E-state index in [2.05, 4.69) is 15.9 Å². The molecule has 18 heavy (non-hydrogen) atoms. The van der Waals surface area contributed by atoms with Gasteiger partial charge in [0.15, 0.2) is 0 Å². The summed E-state index contributed by atoms with van der Waals surface area (Å²) in [5.41, 5.74) is 1.13. The first kappa shape index (κ1) is 11.4. The zero-order valence-corrected chi connectivity index (χ0v) is 10.6. The zero-order chi connectivity index (χ0) is 13.0. The first-order valence-electron chi connectivity index (χ1n) is 5.25. The second-order valence-corrected chi connectivity index (χ2v) is 5.08. The van der Waals surface area contributed by atoms with E-state index in [0.717, 1.165) is 0 Å².